The monoisotopic (exact) mass is 328 g/mol. The molecule has 2 heterocycles. The van der Waals surface area contributed by atoms with Crippen LogP contribution in [0.1, 0.15) is 37.7 Å². The molecule has 1 saturated carbocycles. The number of nitrogens with zero attached hydrogens (tertiary/aromatic N) is 2. The molecule has 1 atom stereocenters. The zero-order valence-electron chi connectivity index (χ0n) is 14.4. The van der Waals surface area contributed by atoms with Crippen molar-refractivity contribution in [3.63, 3.8) is 0 Å². The Morgan fingerprint density at radius 3 is 2.75 bits per heavy atom. The van der Waals surface area contributed by atoms with Gasteiger partial charge < -0.3 is 14.5 Å². The maximum absolute atomic E-state index is 13.0. The number of anilines is 1. The number of carbonyl (C=O) groups excluding carboxylic acids is 2. The number of carbonyl (C=O) groups is 2. The van der Waals surface area contributed by atoms with Crippen LogP contribution in [-0.4, -0.2) is 44.0 Å². The molecule has 0 radical (unpaired) electrons. The Kier molecular flexibility index (Phi) is 3.55. The van der Waals surface area contributed by atoms with Crippen LogP contribution in [0.3, 0.4) is 0 Å². The third kappa shape index (κ3) is 2.06. The summed E-state index contributed by atoms with van der Waals surface area (Å²) in [5, 5.41) is 0. The van der Waals surface area contributed by atoms with E-state index in [4.69, 9.17) is 4.74 Å². The minimum Gasteiger partial charge on any atom is -0.497 e. The lowest BCUT2D eigenvalue weighted by atomic mass is 9.81. The van der Waals surface area contributed by atoms with Crippen LogP contribution in [0.25, 0.3) is 0 Å². The van der Waals surface area contributed by atoms with Crippen LogP contribution in [0.15, 0.2) is 18.2 Å². The van der Waals surface area contributed by atoms with E-state index < -0.39 is 5.41 Å². The highest BCUT2D eigenvalue weighted by Gasteiger charge is 2.54. The van der Waals surface area contributed by atoms with Crippen LogP contribution >= 0.6 is 0 Å². The number of likely N-dealkylation sites (N-methyl/N-ethyl adjacent to an activating group) is 1. The molecule has 3 aliphatic rings. The third-order valence-electron chi connectivity index (χ3n) is 6.08. The van der Waals surface area contributed by atoms with Gasteiger partial charge in [-0.2, -0.15) is 0 Å². The Balaban J connectivity index is 1.66. The SMILES string of the molecule is COc1ccc2c(c1)C1(CCN(C(=O)C3CCCC3)C1)C(=O)N2C. The van der Waals surface area contributed by atoms with Gasteiger partial charge in [-0.05, 0) is 43.0 Å². The summed E-state index contributed by atoms with van der Waals surface area (Å²) in [6, 6.07) is 5.81. The van der Waals surface area contributed by atoms with E-state index in [2.05, 4.69) is 0 Å². The van der Waals surface area contributed by atoms with E-state index in [9.17, 15) is 9.59 Å². The Bertz CT molecular complexity index is 696. The van der Waals surface area contributed by atoms with Gasteiger partial charge in [-0.15, -0.1) is 0 Å². The molecule has 1 aliphatic carbocycles. The molecule has 1 spiro atoms. The third-order valence-corrected chi connectivity index (χ3v) is 6.08. The number of hydrogen-bond donors (Lipinski definition) is 0. The molecule has 2 aliphatic heterocycles. The van der Waals surface area contributed by atoms with E-state index in [0.29, 0.717) is 19.5 Å². The predicted octanol–water partition coefficient (Wildman–Crippen LogP) is 2.33. The summed E-state index contributed by atoms with van der Waals surface area (Å²) in [5.41, 5.74) is 1.36. The number of benzene rings is 1. The molecule has 4 rings (SSSR count). The van der Waals surface area contributed by atoms with E-state index >= 15 is 0 Å². The fraction of sp³-hybridized carbons (Fsp3) is 0.579. The van der Waals surface area contributed by atoms with Gasteiger partial charge in [0, 0.05) is 31.7 Å². The number of fused-ring (bicyclic) bond motifs is 2. The molecular formula is C19H24N2O3. The van der Waals surface area contributed by atoms with Crippen molar-refractivity contribution in [2.45, 2.75) is 37.5 Å². The second-order valence-electron chi connectivity index (χ2n) is 7.32. The minimum atomic E-state index is -0.590. The van der Waals surface area contributed by atoms with Crippen molar-refractivity contribution in [2.75, 3.05) is 32.1 Å². The quantitative estimate of drug-likeness (QED) is 0.837. The fourth-order valence-corrected chi connectivity index (χ4v) is 4.69. The molecule has 5 nitrogen and oxygen atoms in total. The number of methoxy groups -OCH3 is 1. The molecule has 1 aromatic carbocycles. The summed E-state index contributed by atoms with van der Waals surface area (Å²) in [6.45, 7) is 1.18. The van der Waals surface area contributed by atoms with Crippen molar-refractivity contribution in [1.82, 2.24) is 4.90 Å². The topological polar surface area (TPSA) is 49.9 Å². The van der Waals surface area contributed by atoms with Gasteiger partial charge >= 0.3 is 0 Å². The van der Waals surface area contributed by atoms with Gasteiger partial charge in [0.1, 0.15) is 5.75 Å². The van der Waals surface area contributed by atoms with E-state index in [1.807, 2.05) is 30.1 Å². The first-order valence-corrected chi connectivity index (χ1v) is 8.82. The number of rotatable bonds is 2. The molecule has 5 heteroatoms. The standard InChI is InChI=1S/C19H24N2O3/c1-20-16-8-7-14(24-2)11-15(16)19(18(20)23)9-10-21(12-19)17(22)13-5-3-4-6-13/h7-8,11,13H,3-6,9-10,12H2,1-2H3. The van der Waals surface area contributed by atoms with E-state index in [1.165, 1.54) is 0 Å². The zero-order valence-corrected chi connectivity index (χ0v) is 14.4. The summed E-state index contributed by atoms with van der Waals surface area (Å²) < 4.78 is 5.36. The molecule has 2 fully saturated rings. The number of amides is 2. The van der Waals surface area contributed by atoms with Crippen molar-refractivity contribution in [3.8, 4) is 5.75 Å². The Morgan fingerprint density at radius 2 is 2.04 bits per heavy atom. The predicted molar refractivity (Wildman–Crippen MR) is 91.2 cm³/mol. The minimum absolute atomic E-state index is 0.104. The van der Waals surface area contributed by atoms with Gasteiger partial charge in [-0.1, -0.05) is 12.8 Å². The first-order chi connectivity index (χ1) is 11.6. The molecule has 128 valence electrons. The molecule has 2 amide bonds. The van der Waals surface area contributed by atoms with Crippen LogP contribution in [0.2, 0.25) is 0 Å². The molecule has 0 bridgehead atoms. The highest BCUT2D eigenvalue weighted by Crippen LogP contribution is 2.48. The van der Waals surface area contributed by atoms with Gasteiger partial charge in [0.2, 0.25) is 11.8 Å². The van der Waals surface area contributed by atoms with Crippen LogP contribution in [-0.2, 0) is 15.0 Å². The van der Waals surface area contributed by atoms with Crippen molar-refractivity contribution >= 4 is 17.5 Å². The lowest BCUT2D eigenvalue weighted by molar-refractivity contribution is -0.134. The van der Waals surface area contributed by atoms with Crippen molar-refractivity contribution < 1.29 is 14.3 Å². The normalized spacial score (nSPS) is 26.5. The van der Waals surface area contributed by atoms with Gasteiger partial charge in [-0.25, -0.2) is 0 Å². The second-order valence-corrected chi connectivity index (χ2v) is 7.32. The van der Waals surface area contributed by atoms with Gasteiger partial charge in [0.25, 0.3) is 0 Å². The van der Waals surface area contributed by atoms with Crippen LogP contribution < -0.4 is 9.64 Å². The molecular weight excluding hydrogens is 304 g/mol. The molecule has 1 aromatic rings. The number of likely N-dealkylation sites (tertiary alicyclic amines) is 1. The summed E-state index contributed by atoms with van der Waals surface area (Å²) in [5.74, 6) is 1.28. The fourth-order valence-electron chi connectivity index (χ4n) is 4.69. The second kappa shape index (κ2) is 5.50. The number of ether oxygens (including phenoxy) is 1. The number of hydrogen-bond acceptors (Lipinski definition) is 3. The van der Waals surface area contributed by atoms with Crippen molar-refractivity contribution in [1.29, 1.82) is 0 Å². The molecule has 1 saturated heterocycles. The van der Waals surface area contributed by atoms with Gasteiger partial charge in [0.05, 0.1) is 12.5 Å². The Hall–Kier alpha value is -2.04. The summed E-state index contributed by atoms with van der Waals surface area (Å²) >= 11 is 0. The van der Waals surface area contributed by atoms with Crippen molar-refractivity contribution in [2.24, 2.45) is 5.92 Å². The lowest BCUT2D eigenvalue weighted by Gasteiger charge is -2.25. The van der Waals surface area contributed by atoms with E-state index in [1.54, 1.807) is 12.0 Å². The zero-order chi connectivity index (χ0) is 16.9. The van der Waals surface area contributed by atoms with Crippen LogP contribution in [0.4, 0.5) is 5.69 Å². The van der Waals surface area contributed by atoms with Gasteiger partial charge in [0.15, 0.2) is 0 Å². The van der Waals surface area contributed by atoms with Crippen LogP contribution in [0, 0.1) is 5.92 Å². The largest absolute Gasteiger partial charge is 0.497 e. The van der Waals surface area contributed by atoms with Crippen molar-refractivity contribution in [3.05, 3.63) is 23.8 Å². The highest BCUT2D eigenvalue weighted by molar-refractivity contribution is 6.08. The van der Waals surface area contributed by atoms with E-state index in [0.717, 1.165) is 42.7 Å². The molecule has 0 N–H and O–H groups in total. The molecule has 24 heavy (non-hydrogen) atoms. The summed E-state index contributed by atoms with van der Waals surface area (Å²) in [7, 11) is 3.46. The highest BCUT2D eigenvalue weighted by atomic mass is 16.5. The average molecular weight is 328 g/mol. The average Bonchev–Trinajstić information content (AvgIpc) is 3.32. The Labute approximate surface area is 142 Å². The maximum atomic E-state index is 13.0. The Morgan fingerprint density at radius 1 is 1.29 bits per heavy atom. The lowest BCUT2D eigenvalue weighted by Crippen LogP contribution is -2.43. The molecule has 1 unspecified atom stereocenters. The summed E-state index contributed by atoms with van der Waals surface area (Å²) in [6.07, 6.45) is 5.00. The van der Waals surface area contributed by atoms with E-state index in [-0.39, 0.29) is 17.7 Å². The first kappa shape index (κ1) is 15.5. The first-order valence-electron chi connectivity index (χ1n) is 8.82. The smallest absolute Gasteiger partial charge is 0.239 e. The van der Waals surface area contributed by atoms with Gasteiger partial charge in [-0.3, -0.25) is 9.59 Å². The molecule has 0 aromatic heterocycles. The van der Waals surface area contributed by atoms with Crippen LogP contribution in [0.5, 0.6) is 5.75 Å². The maximum Gasteiger partial charge on any atom is 0.239 e. The summed E-state index contributed by atoms with van der Waals surface area (Å²) in [4.78, 5) is 29.5.